The molecule has 0 spiro atoms. The van der Waals surface area contributed by atoms with Gasteiger partial charge in [-0.05, 0) is 19.3 Å². The van der Waals surface area contributed by atoms with Crippen molar-refractivity contribution in [2.75, 3.05) is 19.8 Å². The molecular weight excluding hydrogens is 356 g/mol. The minimum Gasteiger partial charge on any atom is -0.388 e. The van der Waals surface area contributed by atoms with Crippen LogP contribution in [-0.2, 0) is 9.47 Å². The predicted molar refractivity (Wildman–Crippen MR) is 113 cm³/mol. The van der Waals surface area contributed by atoms with Crippen LogP contribution in [0.1, 0.15) is 89.9 Å². The Morgan fingerprint density at radius 1 is 0.750 bits per heavy atom. The van der Waals surface area contributed by atoms with E-state index in [2.05, 4.69) is 6.58 Å². The molecule has 1 fully saturated rings. The van der Waals surface area contributed by atoms with Crippen LogP contribution in [-0.4, -0.2) is 59.6 Å². The summed E-state index contributed by atoms with van der Waals surface area (Å²) in [6.07, 6.45) is 16.4. The molecule has 1 aliphatic heterocycles. The van der Waals surface area contributed by atoms with Crippen LogP contribution in [0.25, 0.3) is 0 Å². The van der Waals surface area contributed by atoms with E-state index < -0.39 is 24.4 Å². The van der Waals surface area contributed by atoms with Gasteiger partial charge in [-0.3, -0.25) is 0 Å². The van der Waals surface area contributed by atoms with Crippen molar-refractivity contribution in [1.82, 2.24) is 0 Å². The Morgan fingerprint density at radius 3 is 1.79 bits per heavy atom. The van der Waals surface area contributed by atoms with Crippen molar-refractivity contribution in [1.29, 1.82) is 0 Å². The number of allylic oxidation sites excluding steroid dienone is 1. The van der Waals surface area contributed by atoms with Crippen LogP contribution >= 0.6 is 0 Å². The fourth-order valence-corrected chi connectivity index (χ4v) is 3.65. The normalized spacial score (nSPS) is 25.1. The Kier molecular flexibility index (Phi) is 15.9. The third-order valence-electron chi connectivity index (χ3n) is 5.59. The number of ether oxygens (including phenoxy) is 2. The molecule has 0 bridgehead atoms. The summed E-state index contributed by atoms with van der Waals surface area (Å²) in [6.45, 7) is 4.72. The monoisotopic (exact) mass is 400 g/mol. The Bertz CT molecular complexity index is 363. The quantitative estimate of drug-likeness (QED) is 0.238. The van der Waals surface area contributed by atoms with Crippen molar-refractivity contribution in [3.8, 4) is 0 Å². The highest BCUT2D eigenvalue weighted by Gasteiger charge is 2.37. The SMILES string of the molecule is C=CCCCCCCCCCCCCCCCOC[C@@H]1OC[C@@H](O)[C@H](O)[C@H]1O. The summed E-state index contributed by atoms with van der Waals surface area (Å²) >= 11 is 0. The standard InChI is InChI=1S/C23H44O5/c1-2-3-4-5-6-7-8-9-10-11-12-13-14-15-16-17-27-19-21-23(26)22(25)20(24)18-28-21/h2,20-26H,1,3-19H2/t20-,21+,22+,23+/m1/s1. The molecule has 0 aliphatic carbocycles. The molecule has 0 aromatic heterocycles. The smallest absolute Gasteiger partial charge is 0.111 e. The molecule has 0 radical (unpaired) electrons. The number of aliphatic hydroxyl groups is 3. The van der Waals surface area contributed by atoms with Gasteiger partial charge in [0.15, 0.2) is 0 Å². The third-order valence-corrected chi connectivity index (χ3v) is 5.59. The van der Waals surface area contributed by atoms with Crippen LogP contribution in [0.3, 0.4) is 0 Å². The molecule has 1 heterocycles. The van der Waals surface area contributed by atoms with Gasteiger partial charge in [-0.25, -0.2) is 0 Å². The Hall–Kier alpha value is -0.460. The Balaban J connectivity index is 1.77. The summed E-state index contributed by atoms with van der Waals surface area (Å²) in [6, 6.07) is 0. The summed E-state index contributed by atoms with van der Waals surface area (Å²) in [5.74, 6) is 0. The van der Waals surface area contributed by atoms with Gasteiger partial charge >= 0.3 is 0 Å². The van der Waals surface area contributed by atoms with Crippen molar-refractivity contribution in [3.05, 3.63) is 12.7 Å². The summed E-state index contributed by atoms with van der Waals surface area (Å²) in [4.78, 5) is 0. The zero-order valence-electron chi connectivity index (χ0n) is 17.8. The summed E-state index contributed by atoms with van der Waals surface area (Å²) in [7, 11) is 0. The maximum Gasteiger partial charge on any atom is 0.111 e. The van der Waals surface area contributed by atoms with E-state index in [9.17, 15) is 15.3 Å². The van der Waals surface area contributed by atoms with E-state index in [1.807, 2.05) is 6.08 Å². The second kappa shape index (κ2) is 17.4. The predicted octanol–water partition coefficient (Wildman–Crippen LogP) is 4.13. The van der Waals surface area contributed by atoms with E-state index in [0.717, 1.165) is 6.42 Å². The first-order valence-corrected chi connectivity index (χ1v) is 11.5. The zero-order valence-corrected chi connectivity index (χ0v) is 17.8. The lowest BCUT2D eigenvalue weighted by molar-refractivity contribution is -0.199. The molecule has 1 rings (SSSR count). The summed E-state index contributed by atoms with van der Waals surface area (Å²) in [5, 5.41) is 28.9. The molecule has 166 valence electrons. The van der Waals surface area contributed by atoms with E-state index in [-0.39, 0.29) is 13.2 Å². The largest absolute Gasteiger partial charge is 0.388 e. The highest BCUT2D eigenvalue weighted by molar-refractivity contribution is 4.86. The number of hydrogen-bond donors (Lipinski definition) is 3. The van der Waals surface area contributed by atoms with Crippen LogP contribution in [0.5, 0.6) is 0 Å². The van der Waals surface area contributed by atoms with E-state index in [1.54, 1.807) is 0 Å². The molecule has 0 amide bonds. The first-order chi connectivity index (χ1) is 13.7. The Morgan fingerprint density at radius 2 is 1.25 bits per heavy atom. The van der Waals surface area contributed by atoms with E-state index in [4.69, 9.17) is 9.47 Å². The van der Waals surface area contributed by atoms with Crippen LogP contribution in [0.4, 0.5) is 0 Å². The lowest BCUT2D eigenvalue weighted by Gasteiger charge is -2.35. The summed E-state index contributed by atoms with van der Waals surface area (Å²) < 4.78 is 10.9. The Labute approximate surface area is 172 Å². The van der Waals surface area contributed by atoms with E-state index in [1.165, 1.54) is 83.5 Å². The van der Waals surface area contributed by atoms with Crippen LogP contribution in [0.2, 0.25) is 0 Å². The fraction of sp³-hybridized carbons (Fsp3) is 0.913. The van der Waals surface area contributed by atoms with Gasteiger partial charge in [0.1, 0.15) is 24.4 Å². The van der Waals surface area contributed by atoms with Gasteiger partial charge in [0.05, 0.1) is 13.2 Å². The topological polar surface area (TPSA) is 79.2 Å². The molecule has 28 heavy (non-hydrogen) atoms. The lowest BCUT2D eigenvalue weighted by Crippen LogP contribution is -2.54. The van der Waals surface area contributed by atoms with Crippen LogP contribution in [0.15, 0.2) is 12.7 Å². The maximum atomic E-state index is 9.82. The van der Waals surface area contributed by atoms with Crippen molar-refractivity contribution >= 4 is 0 Å². The molecule has 0 saturated carbocycles. The van der Waals surface area contributed by atoms with Crippen molar-refractivity contribution < 1.29 is 24.8 Å². The number of aliphatic hydroxyl groups excluding tert-OH is 3. The van der Waals surface area contributed by atoms with Crippen molar-refractivity contribution in [2.45, 2.75) is 114 Å². The second-order valence-electron chi connectivity index (χ2n) is 8.17. The lowest BCUT2D eigenvalue weighted by atomic mass is 10.0. The third kappa shape index (κ3) is 12.2. The maximum absolute atomic E-state index is 9.82. The van der Waals surface area contributed by atoms with Crippen LogP contribution in [0, 0.1) is 0 Å². The van der Waals surface area contributed by atoms with Gasteiger partial charge < -0.3 is 24.8 Å². The van der Waals surface area contributed by atoms with Crippen molar-refractivity contribution in [3.63, 3.8) is 0 Å². The van der Waals surface area contributed by atoms with Crippen LogP contribution < -0.4 is 0 Å². The molecule has 0 unspecified atom stereocenters. The molecule has 4 atom stereocenters. The fourth-order valence-electron chi connectivity index (χ4n) is 3.65. The van der Waals surface area contributed by atoms with Gasteiger partial charge in [-0.2, -0.15) is 0 Å². The van der Waals surface area contributed by atoms with E-state index >= 15 is 0 Å². The molecule has 5 heteroatoms. The van der Waals surface area contributed by atoms with Gasteiger partial charge in [-0.1, -0.05) is 76.7 Å². The van der Waals surface area contributed by atoms with E-state index in [0.29, 0.717) is 6.61 Å². The first-order valence-electron chi connectivity index (χ1n) is 11.5. The molecule has 1 aliphatic rings. The number of hydrogen-bond acceptors (Lipinski definition) is 5. The number of unbranched alkanes of at least 4 members (excludes halogenated alkanes) is 13. The van der Waals surface area contributed by atoms with Gasteiger partial charge in [0.25, 0.3) is 0 Å². The molecule has 5 nitrogen and oxygen atoms in total. The minimum atomic E-state index is -1.15. The molecule has 1 saturated heterocycles. The number of rotatable bonds is 18. The average Bonchev–Trinajstić information content (AvgIpc) is 2.70. The molecule has 0 aromatic rings. The van der Waals surface area contributed by atoms with Gasteiger partial charge in [0, 0.05) is 6.61 Å². The van der Waals surface area contributed by atoms with Crippen molar-refractivity contribution in [2.24, 2.45) is 0 Å². The molecular formula is C23H44O5. The zero-order chi connectivity index (χ0) is 20.5. The summed E-state index contributed by atoms with van der Waals surface area (Å²) in [5.41, 5.74) is 0. The highest BCUT2D eigenvalue weighted by Crippen LogP contribution is 2.16. The molecule has 0 aromatic carbocycles. The minimum absolute atomic E-state index is 0.0436. The highest BCUT2D eigenvalue weighted by atomic mass is 16.6. The van der Waals surface area contributed by atoms with Gasteiger partial charge in [0.2, 0.25) is 0 Å². The average molecular weight is 401 g/mol. The van der Waals surface area contributed by atoms with Gasteiger partial charge in [-0.15, -0.1) is 6.58 Å². The first kappa shape index (κ1) is 25.6. The molecule has 3 N–H and O–H groups in total. The second-order valence-corrected chi connectivity index (χ2v) is 8.17.